The second kappa shape index (κ2) is 3.21. The van der Waals surface area contributed by atoms with Gasteiger partial charge in [0.1, 0.15) is 0 Å². The minimum atomic E-state index is -0.270. The maximum Gasteiger partial charge on any atom is 0.171 e. The molecule has 2 aliphatic heterocycles. The van der Waals surface area contributed by atoms with Gasteiger partial charge in [-0.15, -0.1) is 0 Å². The van der Waals surface area contributed by atoms with Crippen LogP contribution in [0.25, 0.3) is 0 Å². The molecule has 2 aliphatic rings. The minimum Gasteiger partial charge on any atom is -0.343 e. The van der Waals surface area contributed by atoms with Gasteiger partial charge in [0.05, 0.1) is 11.7 Å². The minimum absolute atomic E-state index is 0.0166. The van der Waals surface area contributed by atoms with Crippen molar-refractivity contribution in [2.24, 2.45) is 5.92 Å². The SMILES string of the molecule is CCC1OC2(CC)OC1(C)CCC2C. The third-order valence-electron chi connectivity index (χ3n) is 4.12. The smallest absolute Gasteiger partial charge is 0.171 e. The fourth-order valence-corrected chi connectivity index (χ4v) is 3.02. The van der Waals surface area contributed by atoms with E-state index in [1.807, 2.05) is 0 Å². The molecule has 0 N–H and O–H groups in total. The zero-order valence-electron chi connectivity index (χ0n) is 9.80. The van der Waals surface area contributed by atoms with Crippen LogP contribution in [0, 0.1) is 5.92 Å². The van der Waals surface area contributed by atoms with Crippen LogP contribution in [-0.4, -0.2) is 17.5 Å². The molecule has 2 saturated heterocycles. The van der Waals surface area contributed by atoms with Gasteiger partial charge in [-0.2, -0.15) is 0 Å². The van der Waals surface area contributed by atoms with E-state index < -0.39 is 0 Å². The zero-order chi connectivity index (χ0) is 10.4. The Kier molecular flexibility index (Phi) is 2.39. The summed E-state index contributed by atoms with van der Waals surface area (Å²) in [5.41, 5.74) is -0.0166. The molecule has 2 fully saturated rings. The van der Waals surface area contributed by atoms with Crippen molar-refractivity contribution >= 4 is 0 Å². The zero-order valence-corrected chi connectivity index (χ0v) is 9.80. The van der Waals surface area contributed by atoms with Crippen molar-refractivity contribution in [2.45, 2.75) is 70.9 Å². The topological polar surface area (TPSA) is 18.5 Å². The highest BCUT2D eigenvalue weighted by Gasteiger charge is 2.58. The van der Waals surface area contributed by atoms with Gasteiger partial charge >= 0.3 is 0 Å². The number of hydrogen-bond acceptors (Lipinski definition) is 2. The summed E-state index contributed by atoms with van der Waals surface area (Å²) >= 11 is 0. The van der Waals surface area contributed by atoms with E-state index in [2.05, 4.69) is 27.7 Å². The van der Waals surface area contributed by atoms with Gasteiger partial charge in [0.2, 0.25) is 0 Å². The van der Waals surface area contributed by atoms with Crippen molar-refractivity contribution in [2.75, 3.05) is 0 Å². The lowest BCUT2D eigenvalue weighted by molar-refractivity contribution is -0.240. The molecular weight excluding hydrogens is 176 g/mol. The van der Waals surface area contributed by atoms with Crippen molar-refractivity contribution in [1.82, 2.24) is 0 Å². The highest BCUT2D eigenvalue weighted by atomic mass is 16.8. The molecule has 0 spiro atoms. The van der Waals surface area contributed by atoms with Crippen LogP contribution in [0.1, 0.15) is 53.4 Å². The fourth-order valence-electron chi connectivity index (χ4n) is 3.02. The Bertz CT molecular complexity index is 228. The predicted molar refractivity (Wildman–Crippen MR) is 56.1 cm³/mol. The van der Waals surface area contributed by atoms with Gasteiger partial charge < -0.3 is 9.47 Å². The quantitative estimate of drug-likeness (QED) is 0.678. The first-order valence-electron chi connectivity index (χ1n) is 5.94. The van der Waals surface area contributed by atoms with E-state index in [4.69, 9.17) is 9.47 Å². The van der Waals surface area contributed by atoms with Crippen LogP contribution >= 0.6 is 0 Å². The Balaban J connectivity index is 2.27. The fraction of sp³-hybridized carbons (Fsp3) is 1.00. The molecule has 14 heavy (non-hydrogen) atoms. The van der Waals surface area contributed by atoms with E-state index in [9.17, 15) is 0 Å². The van der Waals surface area contributed by atoms with Gasteiger partial charge in [-0.1, -0.05) is 20.8 Å². The van der Waals surface area contributed by atoms with E-state index in [1.165, 1.54) is 6.42 Å². The Labute approximate surface area is 87.0 Å². The van der Waals surface area contributed by atoms with Crippen molar-refractivity contribution in [3.05, 3.63) is 0 Å². The molecule has 4 unspecified atom stereocenters. The van der Waals surface area contributed by atoms with Gasteiger partial charge in [-0.3, -0.25) is 0 Å². The van der Waals surface area contributed by atoms with E-state index >= 15 is 0 Å². The van der Waals surface area contributed by atoms with Crippen LogP contribution in [0.5, 0.6) is 0 Å². The van der Waals surface area contributed by atoms with Gasteiger partial charge in [-0.25, -0.2) is 0 Å². The summed E-state index contributed by atoms with van der Waals surface area (Å²) in [7, 11) is 0. The van der Waals surface area contributed by atoms with Gasteiger partial charge in [0, 0.05) is 5.92 Å². The van der Waals surface area contributed by atoms with Crippen molar-refractivity contribution in [1.29, 1.82) is 0 Å². The molecule has 0 aromatic carbocycles. The third-order valence-corrected chi connectivity index (χ3v) is 4.12. The van der Waals surface area contributed by atoms with Crippen molar-refractivity contribution in [3.63, 3.8) is 0 Å². The third kappa shape index (κ3) is 1.24. The van der Waals surface area contributed by atoms with Crippen LogP contribution < -0.4 is 0 Å². The Hall–Kier alpha value is -0.0800. The molecule has 0 radical (unpaired) electrons. The average molecular weight is 198 g/mol. The molecule has 0 aromatic heterocycles. The number of fused-ring (bicyclic) bond motifs is 2. The van der Waals surface area contributed by atoms with E-state index in [0.717, 1.165) is 19.3 Å². The molecule has 2 bridgehead atoms. The summed E-state index contributed by atoms with van der Waals surface area (Å²) < 4.78 is 12.4. The molecule has 2 nitrogen and oxygen atoms in total. The lowest BCUT2D eigenvalue weighted by Crippen LogP contribution is -2.45. The second-order valence-corrected chi connectivity index (χ2v) is 5.03. The summed E-state index contributed by atoms with van der Waals surface area (Å²) in [6.45, 7) is 8.82. The molecule has 0 saturated carbocycles. The molecule has 82 valence electrons. The van der Waals surface area contributed by atoms with Gasteiger partial charge in [0.25, 0.3) is 0 Å². The monoisotopic (exact) mass is 198 g/mol. The average Bonchev–Trinajstić information content (AvgIpc) is 2.44. The lowest BCUT2D eigenvalue weighted by atomic mass is 9.83. The van der Waals surface area contributed by atoms with Crippen molar-refractivity contribution in [3.8, 4) is 0 Å². The van der Waals surface area contributed by atoms with E-state index in [0.29, 0.717) is 12.0 Å². The molecular formula is C12H22O2. The van der Waals surface area contributed by atoms with Crippen LogP contribution in [0.4, 0.5) is 0 Å². The Morgan fingerprint density at radius 3 is 2.57 bits per heavy atom. The maximum atomic E-state index is 6.22. The van der Waals surface area contributed by atoms with Crippen molar-refractivity contribution < 1.29 is 9.47 Å². The normalized spacial score (nSPS) is 52.3. The highest BCUT2D eigenvalue weighted by Crippen LogP contribution is 2.51. The summed E-state index contributed by atoms with van der Waals surface area (Å²) in [5.74, 6) is 0.269. The number of ether oxygens (including phenoxy) is 2. The van der Waals surface area contributed by atoms with Crippen LogP contribution in [0.2, 0.25) is 0 Å². The largest absolute Gasteiger partial charge is 0.343 e. The highest BCUT2D eigenvalue weighted by molar-refractivity contribution is 5.00. The molecule has 0 aromatic rings. The molecule has 0 amide bonds. The summed E-state index contributed by atoms with van der Waals surface area (Å²) in [6.07, 6.45) is 4.72. The molecule has 0 aliphatic carbocycles. The first kappa shape index (κ1) is 10.4. The first-order valence-corrected chi connectivity index (χ1v) is 5.94. The Morgan fingerprint density at radius 1 is 1.36 bits per heavy atom. The van der Waals surface area contributed by atoms with Crippen LogP contribution in [0.15, 0.2) is 0 Å². The van der Waals surface area contributed by atoms with E-state index in [-0.39, 0.29) is 11.4 Å². The van der Waals surface area contributed by atoms with Crippen LogP contribution in [0.3, 0.4) is 0 Å². The standard InChI is InChI=1S/C12H22O2/c1-5-10-11(4)8-7-9(3)12(6-2,13-10)14-11/h9-10H,5-8H2,1-4H3. The summed E-state index contributed by atoms with van der Waals surface area (Å²) in [4.78, 5) is 0. The Morgan fingerprint density at radius 2 is 2.07 bits per heavy atom. The predicted octanol–water partition coefficient (Wildman–Crippen LogP) is 3.11. The molecule has 2 rings (SSSR count). The van der Waals surface area contributed by atoms with Gasteiger partial charge in [-0.05, 0) is 32.6 Å². The molecule has 4 atom stereocenters. The summed E-state index contributed by atoms with van der Waals surface area (Å²) in [6, 6.07) is 0. The lowest BCUT2D eigenvalue weighted by Gasteiger charge is -2.40. The molecule has 2 heteroatoms. The second-order valence-electron chi connectivity index (χ2n) is 5.03. The van der Waals surface area contributed by atoms with Crippen LogP contribution in [-0.2, 0) is 9.47 Å². The molecule has 2 heterocycles. The van der Waals surface area contributed by atoms with E-state index in [1.54, 1.807) is 0 Å². The number of hydrogen-bond donors (Lipinski definition) is 0. The summed E-state index contributed by atoms with van der Waals surface area (Å²) in [5, 5.41) is 0. The number of rotatable bonds is 2. The maximum absolute atomic E-state index is 6.22. The first-order chi connectivity index (χ1) is 6.56. The van der Waals surface area contributed by atoms with Gasteiger partial charge in [0.15, 0.2) is 5.79 Å².